The van der Waals surface area contributed by atoms with Gasteiger partial charge in [0.15, 0.2) is 0 Å². The third-order valence-corrected chi connectivity index (χ3v) is 7.82. The van der Waals surface area contributed by atoms with Crippen molar-refractivity contribution in [2.75, 3.05) is 25.7 Å². The molecule has 0 spiro atoms. The molecule has 2 aromatic rings. The number of hydrogen-bond acceptors (Lipinski definition) is 8. The number of aromatic carboxylic acids is 1. The summed E-state index contributed by atoms with van der Waals surface area (Å²) in [5.41, 5.74) is 3.25. The van der Waals surface area contributed by atoms with Crippen molar-refractivity contribution < 1.29 is 33.8 Å². The molecule has 0 saturated carbocycles. The van der Waals surface area contributed by atoms with Gasteiger partial charge in [0.1, 0.15) is 12.1 Å². The smallest absolute Gasteiger partial charge is 0.336 e. The Bertz CT molecular complexity index is 1320. The van der Waals surface area contributed by atoms with Crippen molar-refractivity contribution in [2.24, 2.45) is 5.84 Å². The van der Waals surface area contributed by atoms with E-state index in [4.69, 9.17) is 10.6 Å². The van der Waals surface area contributed by atoms with Crippen LogP contribution in [0.1, 0.15) is 73.9 Å². The summed E-state index contributed by atoms with van der Waals surface area (Å²) in [5, 5.41) is 16.1. The van der Waals surface area contributed by atoms with Crippen LogP contribution in [0, 0.1) is 0 Å². The van der Waals surface area contributed by atoms with Crippen molar-refractivity contribution >= 4 is 41.4 Å². The van der Waals surface area contributed by atoms with Gasteiger partial charge in [0.2, 0.25) is 17.7 Å². The number of amides is 3. The number of nitrogens with one attached hydrogen (secondary N) is 2. The molecule has 0 aliphatic heterocycles. The summed E-state index contributed by atoms with van der Waals surface area (Å²) in [6.45, 7) is 5.55. The third-order valence-electron chi connectivity index (χ3n) is 7.18. The van der Waals surface area contributed by atoms with E-state index in [1.54, 1.807) is 36.0 Å². The molecule has 0 fully saturated rings. The maximum Gasteiger partial charge on any atom is 0.336 e. The fourth-order valence-electron chi connectivity index (χ4n) is 4.76. The van der Waals surface area contributed by atoms with E-state index in [0.717, 1.165) is 21.7 Å². The van der Waals surface area contributed by atoms with Crippen LogP contribution in [0.15, 0.2) is 42.5 Å². The van der Waals surface area contributed by atoms with Crippen LogP contribution in [0.3, 0.4) is 0 Å². The molecule has 5 N–H and O–H groups in total. The maximum atomic E-state index is 13.2. The summed E-state index contributed by atoms with van der Waals surface area (Å²) in [5.74, 6) is 4.11. The number of carbonyl (C=O) groups excluding carboxylic acids is 4. The van der Waals surface area contributed by atoms with Crippen LogP contribution in [-0.4, -0.2) is 77.5 Å². The first kappa shape index (κ1) is 36.3. The van der Waals surface area contributed by atoms with E-state index in [0.29, 0.717) is 30.6 Å². The maximum absolute atomic E-state index is 13.2. The van der Waals surface area contributed by atoms with E-state index in [2.05, 4.69) is 10.6 Å². The van der Waals surface area contributed by atoms with Crippen molar-refractivity contribution in [1.29, 1.82) is 0 Å². The summed E-state index contributed by atoms with van der Waals surface area (Å²) in [7, 11) is 1.28. The lowest BCUT2D eigenvalue weighted by Crippen LogP contribution is -2.53. The molecular weight excluding hydrogens is 584 g/mol. The zero-order valence-electron chi connectivity index (χ0n) is 26.1. The first-order valence-electron chi connectivity index (χ1n) is 14.5. The van der Waals surface area contributed by atoms with Crippen LogP contribution in [-0.2, 0) is 30.3 Å². The Morgan fingerprint density at radius 3 is 2.36 bits per heavy atom. The summed E-state index contributed by atoms with van der Waals surface area (Å²) in [6.07, 6.45) is 3.69. The summed E-state index contributed by atoms with van der Waals surface area (Å²) < 4.78 is 4.77. The highest BCUT2D eigenvalue weighted by atomic mass is 32.2. The highest BCUT2D eigenvalue weighted by Crippen LogP contribution is 2.33. The van der Waals surface area contributed by atoms with Crippen molar-refractivity contribution in [3.05, 3.63) is 59.2 Å². The van der Waals surface area contributed by atoms with E-state index in [1.807, 2.05) is 38.3 Å². The van der Waals surface area contributed by atoms with Gasteiger partial charge in [-0.15, -0.1) is 0 Å². The van der Waals surface area contributed by atoms with Gasteiger partial charge in [-0.3, -0.25) is 19.4 Å². The molecule has 3 amide bonds. The Hall–Kier alpha value is -3.90. The molecule has 0 heterocycles. The highest BCUT2D eigenvalue weighted by Gasteiger charge is 2.27. The molecule has 0 unspecified atom stereocenters. The lowest BCUT2D eigenvalue weighted by Gasteiger charge is -2.26. The van der Waals surface area contributed by atoms with Crippen LogP contribution < -0.4 is 16.5 Å². The standard InChI is InChI=1S/C32H44N4O7S/c1-20(2)26-18-22(13-14-24(26)23-10-6-7-11-25(23)31(40)41)19-28(36(33)21(3)37)30(39)34-16-9-8-12-29(38)35-27(15-17-44-5)32(42)43-4/h6-7,10-11,13-14,18,20,27-28H,8-9,12,15-17,19,33H2,1-5H3,(H,34,39)(H,35,38)(H,40,41)/t27-,28-/m0/s1. The third kappa shape index (κ3) is 10.7. The van der Waals surface area contributed by atoms with Gasteiger partial charge in [0, 0.05) is 26.3 Å². The molecule has 2 atom stereocenters. The molecule has 0 saturated heterocycles. The molecule has 240 valence electrons. The minimum Gasteiger partial charge on any atom is -0.478 e. The van der Waals surface area contributed by atoms with Crippen LogP contribution >= 0.6 is 11.8 Å². The van der Waals surface area contributed by atoms with Gasteiger partial charge in [0.25, 0.3) is 0 Å². The first-order valence-corrected chi connectivity index (χ1v) is 15.9. The molecule has 0 aliphatic carbocycles. The van der Waals surface area contributed by atoms with Crippen LogP contribution in [0.2, 0.25) is 0 Å². The number of thioether (sulfide) groups is 1. The number of methoxy groups -OCH3 is 1. The Morgan fingerprint density at radius 1 is 1.05 bits per heavy atom. The predicted molar refractivity (Wildman–Crippen MR) is 171 cm³/mol. The number of hydrogen-bond donors (Lipinski definition) is 4. The largest absolute Gasteiger partial charge is 0.478 e. The zero-order chi connectivity index (χ0) is 32.8. The molecular formula is C32H44N4O7S. The number of esters is 1. The number of nitrogens with zero attached hydrogens (tertiary/aromatic N) is 1. The van der Waals surface area contributed by atoms with Crippen molar-refractivity contribution in [3.8, 4) is 11.1 Å². The second-order valence-electron chi connectivity index (χ2n) is 10.7. The van der Waals surface area contributed by atoms with Gasteiger partial charge in [-0.2, -0.15) is 11.8 Å². The molecule has 0 aliphatic rings. The van der Waals surface area contributed by atoms with Gasteiger partial charge < -0.3 is 20.5 Å². The lowest BCUT2D eigenvalue weighted by atomic mass is 9.87. The van der Waals surface area contributed by atoms with Gasteiger partial charge >= 0.3 is 11.9 Å². The Balaban J connectivity index is 2.08. The normalized spacial score (nSPS) is 12.2. The minimum absolute atomic E-state index is 0.0477. The number of rotatable bonds is 17. The number of ether oxygens (including phenoxy) is 1. The molecule has 0 bridgehead atoms. The number of unbranched alkanes of at least 4 members (excludes halogenated alkanes) is 1. The molecule has 2 aromatic carbocycles. The number of benzene rings is 2. The SMILES string of the molecule is COC(=O)[C@H](CCSC)NC(=O)CCCCNC(=O)[C@H](Cc1ccc(-c2ccccc2C(=O)O)c(C(C)C)c1)N(N)C(C)=O. The van der Waals surface area contributed by atoms with E-state index in [-0.39, 0.29) is 36.8 Å². The van der Waals surface area contributed by atoms with E-state index in [9.17, 15) is 29.1 Å². The second kappa shape index (κ2) is 18.0. The number of carboxylic acid groups (broad SMARTS) is 1. The minimum atomic E-state index is -1.02. The number of carboxylic acids is 1. The van der Waals surface area contributed by atoms with Crippen LogP contribution in [0.4, 0.5) is 0 Å². The van der Waals surface area contributed by atoms with Gasteiger partial charge in [-0.05, 0) is 65.5 Å². The second-order valence-corrected chi connectivity index (χ2v) is 11.7. The van der Waals surface area contributed by atoms with E-state index in [1.165, 1.54) is 14.0 Å². The van der Waals surface area contributed by atoms with Crippen molar-refractivity contribution in [1.82, 2.24) is 15.6 Å². The Morgan fingerprint density at radius 2 is 1.75 bits per heavy atom. The van der Waals surface area contributed by atoms with Crippen molar-refractivity contribution in [3.63, 3.8) is 0 Å². The van der Waals surface area contributed by atoms with E-state index < -0.39 is 35.8 Å². The molecule has 11 nitrogen and oxygen atoms in total. The predicted octanol–water partition coefficient (Wildman–Crippen LogP) is 3.51. The molecule has 0 aromatic heterocycles. The summed E-state index contributed by atoms with van der Waals surface area (Å²) in [4.78, 5) is 61.5. The zero-order valence-corrected chi connectivity index (χ0v) is 26.9. The number of carbonyl (C=O) groups is 5. The molecule has 44 heavy (non-hydrogen) atoms. The highest BCUT2D eigenvalue weighted by molar-refractivity contribution is 7.98. The van der Waals surface area contributed by atoms with Gasteiger partial charge in [-0.1, -0.05) is 50.2 Å². The Labute approximate surface area is 263 Å². The summed E-state index contributed by atoms with van der Waals surface area (Å²) in [6, 6.07) is 10.7. The average molecular weight is 629 g/mol. The summed E-state index contributed by atoms with van der Waals surface area (Å²) >= 11 is 1.57. The van der Waals surface area contributed by atoms with Crippen LogP contribution in [0.25, 0.3) is 11.1 Å². The average Bonchev–Trinajstić information content (AvgIpc) is 3.00. The molecule has 12 heteroatoms. The van der Waals surface area contributed by atoms with Crippen LogP contribution in [0.5, 0.6) is 0 Å². The number of hydrazine groups is 1. The quantitative estimate of drug-likeness (QED) is 0.0674. The molecule has 2 rings (SSSR count). The fraction of sp³-hybridized carbons (Fsp3) is 0.469. The fourth-order valence-corrected chi connectivity index (χ4v) is 5.23. The Kier molecular flexibility index (Phi) is 14.9. The number of nitrogens with two attached hydrogens (primary N) is 1. The monoisotopic (exact) mass is 628 g/mol. The van der Waals surface area contributed by atoms with Crippen molar-refractivity contribution in [2.45, 2.75) is 70.9 Å². The van der Waals surface area contributed by atoms with E-state index >= 15 is 0 Å². The van der Waals surface area contributed by atoms with Gasteiger partial charge in [-0.25, -0.2) is 15.4 Å². The molecule has 0 radical (unpaired) electrons. The van der Waals surface area contributed by atoms with Gasteiger partial charge in [0.05, 0.1) is 12.7 Å². The first-order chi connectivity index (χ1) is 20.9. The topological polar surface area (TPSA) is 168 Å². The lowest BCUT2D eigenvalue weighted by molar-refractivity contribution is -0.145.